The minimum Gasteiger partial charge on any atom is -0.298 e. The molecule has 6 nitrogen and oxygen atoms in total. The highest BCUT2D eigenvalue weighted by atomic mass is 32.1. The molecule has 1 N–H and O–H groups in total. The van der Waals surface area contributed by atoms with Gasteiger partial charge in [0.15, 0.2) is 10.8 Å². The molecule has 0 unspecified atom stereocenters. The maximum Gasteiger partial charge on any atom is 0.258 e. The van der Waals surface area contributed by atoms with Gasteiger partial charge in [-0.25, -0.2) is 9.97 Å². The van der Waals surface area contributed by atoms with Gasteiger partial charge in [-0.05, 0) is 51.0 Å². The number of rotatable bonds is 3. The fraction of sp³-hybridized carbons (Fsp3) is 0.238. The number of aromatic nitrogens is 4. The number of nitrogens with zero attached hydrogens (tertiary/aromatic N) is 4. The number of amides is 1. The van der Waals surface area contributed by atoms with Gasteiger partial charge in [0.05, 0.1) is 22.3 Å². The third-order valence-electron chi connectivity index (χ3n) is 4.87. The normalized spacial score (nSPS) is 11.2. The van der Waals surface area contributed by atoms with E-state index in [1.807, 2.05) is 26.3 Å². The Morgan fingerprint density at radius 1 is 1.07 bits per heavy atom. The lowest BCUT2D eigenvalue weighted by atomic mass is 10.1. The van der Waals surface area contributed by atoms with Gasteiger partial charge in [0.2, 0.25) is 0 Å². The number of thiazole rings is 1. The predicted molar refractivity (Wildman–Crippen MR) is 113 cm³/mol. The van der Waals surface area contributed by atoms with E-state index in [1.165, 1.54) is 22.5 Å². The summed E-state index contributed by atoms with van der Waals surface area (Å²) in [6.45, 7) is 7.93. The Balaban J connectivity index is 1.66. The highest BCUT2D eigenvalue weighted by molar-refractivity contribution is 7.14. The topological polar surface area (TPSA) is 72.7 Å². The molecule has 142 valence electrons. The molecule has 0 aliphatic carbocycles. The molecule has 0 aliphatic rings. The molecular weight excluding hydrogens is 370 g/mol. The lowest BCUT2D eigenvalue weighted by molar-refractivity contribution is 0.102. The molecule has 0 atom stereocenters. The van der Waals surface area contributed by atoms with Crippen molar-refractivity contribution in [1.29, 1.82) is 0 Å². The van der Waals surface area contributed by atoms with Crippen molar-refractivity contribution >= 4 is 33.4 Å². The van der Waals surface area contributed by atoms with Crippen LogP contribution in [0.2, 0.25) is 0 Å². The largest absolute Gasteiger partial charge is 0.298 e. The lowest BCUT2D eigenvalue weighted by Gasteiger charge is -2.06. The van der Waals surface area contributed by atoms with Crippen LogP contribution < -0.4 is 5.32 Å². The first-order valence-corrected chi connectivity index (χ1v) is 9.87. The first-order valence-electron chi connectivity index (χ1n) is 8.99. The summed E-state index contributed by atoms with van der Waals surface area (Å²) in [5.41, 5.74) is 7.20. The first-order chi connectivity index (χ1) is 13.3. The van der Waals surface area contributed by atoms with Gasteiger partial charge in [-0.3, -0.25) is 14.8 Å². The summed E-state index contributed by atoms with van der Waals surface area (Å²) in [4.78, 5) is 22.1. The fourth-order valence-corrected chi connectivity index (χ4v) is 3.99. The van der Waals surface area contributed by atoms with Crippen LogP contribution in [0, 0.1) is 27.7 Å². The van der Waals surface area contributed by atoms with Gasteiger partial charge in [-0.15, -0.1) is 11.3 Å². The van der Waals surface area contributed by atoms with Gasteiger partial charge in [0, 0.05) is 23.7 Å². The first kappa shape index (κ1) is 18.3. The number of aryl methyl sites for hydroxylation is 5. The molecule has 0 saturated carbocycles. The van der Waals surface area contributed by atoms with Crippen LogP contribution in [-0.4, -0.2) is 25.7 Å². The van der Waals surface area contributed by atoms with Gasteiger partial charge < -0.3 is 0 Å². The molecule has 0 saturated heterocycles. The Labute approximate surface area is 167 Å². The fourth-order valence-electron chi connectivity index (χ4n) is 3.28. The number of fused-ring (bicyclic) bond motifs is 1. The summed E-state index contributed by atoms with van der Waals surface area (Å²) in [7, 11) is 1.83. The Bertz CT molecular complexity index is 1220. The standard InChI is InChI=1S/C21H21N5OS/c1-11-6-7-15(8-12(11)2)17-10-28-21(23-17)24-20(27)16-9-13(3)22-19-18(16)14(4)25-26(19)5/h6-10H,1-5H3,(H,23,24,27). The molecule has 0 bridgehead atoms. The minimum atomic E-state index is -0.201. The number of nitrogens with one attached hydrogen (secondary N) is 1. The summed E-state index contributed by atoms with van der Waals surface area (Å²) in [5.74, 6) is -0.201. The SMILES string of the molecule is Cc1cc(C(=O)Nc2nc(-c3ccc(C)c(C)c3)cs2)c2c(C)nn(C)c2n1. The third-order valence-corrected chi connectivity index (χ3v) is 5.63. The molecule has 0 spiro atoms. The van der Waals surface area contributed by atoms with Crippen molar-refractivity contribution in [2.45, 2.75) is 27.7 Å². The molecular formula is C21H21N5OS. The average molecular weight is 392 g/mol. The number of hydrogen-bond acceptors (Lipinski definition) is 5. The van der Waals surface area contributed by atoms with E-state index in [4.69, 9.17) is 0 Å². The van der Waals surface area contributed by atoms with E-state index in [-0.39, 0.29) is 5.91 Å². The number of benzene rings is 1. The smallest absolute Gasteiger partial charge is 0.258 e. The lowest BCUT2D eigenvalue weighted by Crippen LogP contribution is -2.13. The molecule has 7 heteroatoms. The Morgan fingerprint density at radius 2 is 1.86 bits per heavy atom. The average Bonchev–Trinajstić information content (AvgIpc) is 3.21. The summed E-state index contributed by atoms with van der Waals surface area (Å²) in [5, 5.41) is 10.6. The molecule has 4 aromatic rings. The Morgan fingerprint density at radius 3 is 2.61 bits per heavy atom. The number of anilines is 1. The third kappa shape index (κ3) is 3.18. The molecule has 1 aromatic carbocycles. The van der Waals surface area contributed by atoms with E-state index in [0.717, 1.165) is 28.0 Å². The summed E-state index contributed by atoms with van der Waals surface area (Å²) in [6, 6.07) is 8.05. The highest BCUT2D eigenvalue weighted by Gasteiger charge is 2.19. The van der Waals surface area contributed by atoms with E-state index in [1.54, 1.807) is 10.7 Å². The molecule has 3 aromatic heterocycles. The number of pyridine rings is 1. The van der Waals surface area contributed by atoms with Crippen LogP contribution in [0.1, 0.15) is 32.9 Å². The molecule has 4 rings (SSSR count). The zero-order chi connectivity index (χ0) is 20.0. The molecule has 1 amide bonds. The second-order valence-electron chi connectivity index (χ2n) is 7.01. The molecule has 0 radical (unpaired) electrons. The Hall–Kier alpha value is -3.06. The van der Waals surface area contributed by atoms with E-state index in [0.29, 0.717) is 16.3 Å². The monoisotopic (exact) mass is 391 g/mol. The minimum absolute atomic E-state index is 0.201. The number of carbonyl (C=O) groups is 1. The van der Waals surface area contributed by atoms with Crippen LogP contribution in [-0.2, 0) is 7.05 Å². The van der Waals surface area contributed by atoms with Crippen LogP contribution in [0.15, 0.2) is 29.6 Å². The van der Waals surface area contributed by atoms with Gasteiger partial charge in [0.25, 0.3) is 5.91 Å². The van der Waals surface area contributed by atoms with E-state index in [2.05, 4.69) is 52.4 Å². The quantitative estimate of drug-likeness (QED) is 0.555. The van der Waals surface area contributed by atoms with Gasteiger partial charge in [0.1, 0.15) is 0 Å². The second-order valence-corrected chi connectivity index (χ2v) is 7.87. The van der Waals surface area contributed by atoms with Crippen molar-refractivity contribution in [3.05, 3.63) is 57.7 Å². The van der Waals surface area contributed by atoms with E-state index >= 15 is 0 Å². The number of hydrogen-bond donors (Lipinski definition) is 1. The predicted octanol–water partition coefficient (Wildman–Crippen LogP) is 4.58. The van der Waals surface area contributed by atoms with Crippen LogP contribution >= 0.6 is 11.3 Å². The van der Waals surface area contributed by atoms with Gasteiger partial charge in [-0.1, -0.05) is 12.1 Å². The molecule has 28 heavy (non-hydrogen) atoms. The van der Waals surface area contributed by atoms with Gasteiger partial charge in [-0.2, -0.15) is 5.10 Å². The van der Waals surface area contributed by atoms with Crippen molar-refractivity contribution in [2.75, 3.05) is 5.32 Å². The van der Waals surface area contributed by atoms with Crippen LogP contribution in [0.3, 0.4) is 0 Å². The maximum absolute atomic E-state index is 13.0. The summed E-state index contributed by atoms with van der Waals surface area (Å²) < 4.78 is 1.70. The zero-order valence-electron chi connectivity index (χ0n) is 16.5. The van der Waals surface area contributed by atoms with E-state index < -0.39 is 0 Å². The second kappa shape index (κ2) is 6.83. The van der Waals surface area contributed by atoms with Gasteiger partial charge >= 0.3 is 0 Å². The van der Waals surface area contributed by atoms with Crippen molar-refractivity contribution < 1.29 is 4.79 Å². The van der Waals surface area contributed by atoms with Crippen LogP contribution in [0.4, 0.5) is 5.13 Å². The molecule has 0 aliphatic heterocycles. The molecule has 3 heterocycles. The molecule has 0 fully saturated rings. The van der Waals surface area contributed by atoms with Crippen molar-refractivity contribution in [3.63, 3.8) is 0 Å². The van der Waals surface area contributed by atoms with Crippen molar-refractivity contribution in [1.82, 2.24) is 19.7 Å². The summed E-state index contributed by atoms with van der Waals surface area (Å²) in [6.07, 6.45) is 0. The van der Waals surface area contributed by atoms with E-state index in [9.17, 15) is 4.79 Å². The Kier molecular flexibility index (Phi) is 4.47. The van der Waals surface area contributed by atoms with Crippen LogP contribution in [0.5, 0.6) is 0 Å². The highest BCUT2D eigenvalue weighted by Crippen LogP contribution is 2.28. The maximum atomic E-state index is 13.0. The van der Waals surface area contributed by atoms with Crippen molar-refractivity contribution in [2.24, 2.45) is 7.05 Å². The zero-order valence-corrected chi connectivity index (χ0v) is 17.3. The van der Waals surface area contributed by atoms with Crippen molar-refractivity contribution in [3.8, 4) is 11.3 Å². The number of carbonyl (C=O) groups excluding carboxylic acids is 1. The van der Waals surface area contributed by atoms with Crippen LogP contribution in [0.25, 0.3) is 22.3 Å². The summed E-state index contributed by atoms with van der Waals surface area (Å²) >= 11 is 1.42.